The first-order valence-corrected chi connectivity index (χ1v) is 8.38. The number of allylic oxidation sites excluding steroid dienone is 1. The third-order valence-electron chi connectivity index (χ3n) is 4.16. The topological polar surface area (TPSA) is 94.6 Å². The van der Waals surface area contributed by atoms with Crippen molar-refractivity contribution in [2.45, 2.75) is 20.3 Å². The molecular weight excluding hydrogens is 332 g/mol. The van der Waals surface area contributed by atoms with Crippen LogP contribution in [0, 0.1) is 6.92 Å². The summed E-state index contributed by atoms with van der Waals surface area (Å²) in [6.07, 6.45) is 3.28. The smallest absolute Gasteiger partial charge is 0.322 e. The predicted octanol–water partition coefficient (Wildman–Crippen LogP) is 2.52. The molecule has 0 spiro atoms. The highest BCUT2D eigenvalue weighted by Crippen LogP contribution is 2.28. The van der Waals surface area contributed by atoms with Crippen LogP contribution in [-0.2, 0) is 9.59 Å². The second-order valence-corrected chi connectivity index (χ2v) is 5.97. The van der Waals surface area contributed by atoms with Gasteiger partial charge in [-0.15, -0.1) is 0 Å². The Hall–Kier alpha value is -3.09. The van der Waals surface area contributed by atoms with Gasteiger partial charge in [0, 0.05) is 31.1 Å². The minimum Gasteiger partial charge on any atom is -0.480 e. The third kappa shape index (κ3) is 4.72. The molecule has 0 aliphatic rings. The van der Waals surface area contributed by atoms with Crippen molar-refractivity contribution in [1.29, 1.82) is 0 Å². The summed E-state index contributed by atoms with van der Waals surface area (Å²) in [5.41, 5.74) is 4.18. The number of fused-ring (bicyclic) bond motifs is 1. The van der Waals surface area contributed by atoms with Gasteiger partial charge in [-0.1, -0.05) is 18.2 Å². The average Bonchev–Trinajstić information content (AvgIpc) is 2.62. The van der Waals surface area contributed by atoms with E-state index >= 15 is 0 Å². The van der Waals surface area contributed by atoms with Crippen LogP contribution in [0.25, 0.3) is 10.9 Å². The molecule has 2 aromatic rings. The van der Waals surface area contributed by atoms with Crippen molar-refractivity contribution in [2.24, 2.45) is 0 Å². The maximum atomic E-state index is 10.8. The summed E-state index contributed by atoms with van der Waals surface area (Å²) in [7, 11) is 1.98. The summed E-state index contributed by atoms with van der Waals surface area (Å²) in [6, 6.07) is 7.70. The third-order valence-corrected chi connectivity index (χ3v) is 4.16. The summed E-state index contributed by atoms with van der Waals surface area (Å²) >= 11 is 0. The Kier molecular flexibility index (Phi) is 6.54. The number of rotatable bonds is 9. The fourth-order valence-electron chi connectivity index (χ4n) is 2.76. The standard InChI is InChI=1S/C19H24N4O3/c1-4-15(21-12-24)8-9-23(3)17-10-14-6-5-7-16(20-11-18(25)26)19(14)22-13(17)2/h4-7,10,12,20H,8-9,11H2,1-3H3,(H,21,24)(H,25,26)/b15-4-. The van der Waals surface area contributed by atoms with Crippen molar-refractivity contribution in [1.82, 2.24) is 10.3 Å². The molecule has 138 valence electrons. The van der Waals surface area contributed by atoms with Gasteiger partial charge in [0.1, 0.15) is 6.54 Å². The summed E-state index contributed by atoms with van der Waals surface area (Å²) in [6.45, 7) is 4.39. The second kappa shape index (κ2) is 8.84. The van der Waals surface area contributed by atoms with Crippen LogP contribution in [0.3, 0.4) is 0 Å². The Balaban J connectivity index is 2.24. The molecule has 2 rings (SSSR count). The maximum Gasteiger partial charge on any atom is 0.322 e. The lowest BCUT2D eigenvalue weighted by Gasteiger charge is -2.22. The normalized spacial score (nSPS) is 11.3. The molecule has 1 aromatic heterocycles. The van der Waals surface area contributed by atoms with Crippen LogP contribution in [0.5, 0.6) is 0 Å². The molecule has 1 heterocycles. The number of carbonyl (C=O) groups is 2. The zero-order chi connectivity index (χ0) is 19.1. The van der Waals surface area contributed by atoms with E-state index in [0.717, 1.165) is 34.5 Å². The Labute approximate surface area is 152 Å². The highest BCUT2D eigenvalue weighted by molar-refractivity contribution is 5.93. The fourth-order valence-corrected chi connectivity index (χ4v) is 2.76. The minimum absolute atomic E-state index is 0.155. The zero-order valence-corrected chi connectivity index (χ0v) is 15.2. The van der Waals surface area contributed by atoms with Crippen LogP contribution in [0.1, 0.15) is 19.0 Å². The van der Waals surface area contributed by atoms with E-state index in [0.29, 0.717) is 18.5 Å². The first-order chi connectivity index (χ1) is 12.5. The van der Waals surface area contributed by atoms with Crippen molar-refractivity contribution in [3.05, 3.63) is 41.7 Å². The molecule has 0 aliphatic carbocycles. The first kappa shape index (κ1) is 19.2. The minimum atomic E-state index is -0.918. The molecule has 3 N–H and O–H groups in total. The van der Waals surface area contributed by atoms with Gasteiger partial charge in [-0.2, -0.15) is 0 Å². The lowest BCUT2D eigenvalue weighted by Crippen LogP contribution is -2.23. The van der Waals surface area contributed by atoms with Gasteiger partial charge in [0.2, 0.25) is 6.41 Å². The number of amides is 1. The average molecular weight is 356 g/mol. The monoisotopic (exact) mass is 356 g/mol. The number of aryl methyl sites for hydroxylation is 1. The molecule has 0 radical (unpaired) electrons. The van der Waals surface area contributed by atoms with E-state index in [4.69, 9.17) is 5.11 Å². The van der Waals surface area contributed by atoms with Gasteiger partial charge < -0.3 is 20.6 Å². The number of aliphatic carboxylic acids is 1. The number of pyridine rings is 1. The fraction of sp³-hybridized carbons (Fsp3) is 0.316. The largest absolute Gasteiger partial charge is 0.480 e. The maximum absolute atomic E-state index is 10.8. The van der Waals surface area contributed by atoms with Gasteiger partial charge in [0.25, 0.3) is 0 Å². The number of nitrogens with zero attached hydrogens (tertiary/aromatic N) is 2. The molecule has 0 unspecified atom stereocenters. The summed E-state index contributed by atoms with van der Waals surface area (Å²) in [5, 5.41) is 15.4. The van der Waals surface area contributed by atoms with Crippen LogP contribution < -0.4 is 15.5 Å². The van der Waals surface area contributed by atoms with Gasteiger partial charge in [-0.3, -0.25) is 9.59 Å². The van der Waals surface area contributed by atoms with Crippen LogP contribution in [0.2, 0.25) is 0 Å². The van der Waals surface area contributed by atoms with E-state index in [9.17, 15) is 9.59 Å². The van der Waals surface area contributed by atoms with Gasteiger partial charge in [0.05, 0.1) is 22.6 Å². The Morgan fingerprint density at radius 3 is 2.81 bits per heavy atom. The van der Waals surface area contributed by atoms with Crippen LogP contribution >= 0.6 is 0 Å². The zero-order valence-electron chi connectivity index (χ0n) is 15.2. The number of anilines is 2. The van der Waals surface area contributed by atoms with Crippen LogP contribution in [0.15, 0.2) is 36.0 Å². The van der Waals surface area contributed by atoms with Gasteiger partial charge in [-0.25, -0.2) is 4.98 Å². The van der Waals surface area contributed by atoms with Crippen molar-refractivity contribution in [3.8, 4) is 0 Å². The summed E-state index contributed by atoms with van der Waals surface area (Å²) in [5.74, 6) is -0.918. The SMILES string of the molecule is C/C=C(/CCN(C)c1cc2cccc(NCC(=O)O)c2nc1C)NC=O. The number of carboxylic acid groups (broad SMARTS) is 1. The number of carboxylic acids is 1. The molecule has 0 saturated carbocycles. The Bertz CT molecular complexity index is 833. The quantitative estimate of drug-likeness (QED) is 0.598. The summed E-state index contributed by atoms with van der Waals surface area (Å²) in [4.78, 5) is 28.2. The lowest BCUT2D eigenvalue weighted by molar-refractivity contribution is -0.134. The van der Waals surface area contributed by atoms with Crippen molar-refractivity contribution in [3.63, 3.8) is 0 Å². The predicted molar refractivity (Wildman–Crippen MR) is 103 cm³/mol. The van der Waals surface area contributed by atoms with E-state index < -0.39 is 5.97 Å². The summed E-state index contributed by atoms with van der Waals surface area (Å²) < 4.78 is 0. The second-order valence-electron chi connectivity index (χ2n) is 5.97. The molecule has 7 heteroatoms. The molecule has 1 amide bonds. The number of para-hydroxylation sites is 1. The number of aromatic nitrogens is 1. The van der Waals surface area contributed by atoms with E-state index in [1.165, 1.54) is 0 Å². The number of carbonyl (C=O) groups excluding carboxylic acids is 1. The Morgan fingerprint density at radius 2 is 2.15 bits per heavy atom. The van der Waals surface area contributed by atoms with Gasteiger partial charge in [-0.05, 0) is 26.0 Å². The van der Waals surface area contributed by atoms with E-state index in [-0.39, 0.29) is 6.54 Å². The molecular formula is C19H24N4O3. The molecule has 0 bridgehead atoms. The number of hydrogen-bond acceptors (Lipinski definition) is 5. The van der Waals surface area contributed by atoms with Crippen molar-refractivity contribution in [2.75, 3.05) is 30.4 Å². The molecule has 1 aromatic carbocycles. The highest BCUT2D eigenvalue weighted by atomic mass is 16.4. The highest BCUT2D eigenvalue weighted by Gasteiger charge is 2.11. The number of hydrogen-bond donors (Lipinski definition) is 3. The van der Waals surface area contributed by atoms with Crippen molar-refractivity contribution >= 4 is 34.7 Å². The number of benzene rings is 1. The van der Waals surface area contributed by atoms with Crippen molar-refractivity contribution < 1.29 is 14.7 Å². The molecule has 0 aliphatic heterocycles. The lowest BCUT2D eigenvalue weighted by atomic mass is 10.1. The van der Waals surface area contributed by atoms with E-state index in [2.05, 4.69) is 20.5 Å². The Morgan fingerprint density at radius 1 is 1.38 bits per heavy atom. The first-order valence-electron chi connectivity index (χ1n) is 8.38. The van der Waals surface area contributed by atoms with E-state index in [1.807, 2.05) is 51.2 Å². The van der Waals surface area contributed by atoms with Gasteiger partial charge >= 0.3 is 5.97 Å². The number of nitrogens with one attached hydrogen (secondary N) is 2. The van der Waals surface area contributed by atoms with Crippen LogP contribution in [-0.4, -0.2) is 42.6 Å². The van der Waals surface area contributed by atoms with Crippen LogP contribution in [0.4, 0.5) is 11.4 Å². The van der Waals surface area contributed by atoms with E-state index in [1.54, 1.807) is 0 Å². The molecule has 26 heavy (non-hydrogen) atoms. The molecule has 0 saturated heterocycles. The molecule has 7 nitrogen and oxygen atoms in total. The van der Waals surface area contributed by atoms with Gasteiger partial charge in [0.15, 0.2) is 0 Å². The molecule has 0 atom stereocenters. The molecule has 0 fully saturated rings.